The molecule has 1 rings (SSSR count). The first-order chi connectivity index (χ1) is 7.88. The van der Waals surface area contributed by atoms with Crippen molar-refractivity contribution in [2.45, 2.75) is 32.6 Å². The molecule has 0 bridgehead atoms. The zero-order valence-electron chi connectivity index (χ0n) is 11.2. The Morgan fingerprint density at radius 1 is 1.24 bits per heavy atom. The molecule has 0 spiro atoms. The molecule has 17 heavy (non-hydrogen) atoms. The molecule has 4 heteroatoms. The minimum Gasteiger partial charge on any atom is -0.467 e. The van der Waals surface area contributed by atoms with Crippen molar-refractivity contribution in [1.29, 1.82) is 0 Å². The van der Waals surface area contributed by atoms with E-state index in [-0.39, 0.29) is 0 Å². The van der Waals surface area contributed by atoms with E-state index in [1.807, 2.05) is 25.1 Å². The lowest BCUT2D eigenvalue weighted by molar-refractivity contribution is 0.0216. The predicted molar refractivity (Wildman–Crippen MR) is 75.2 cm³/mol. The third kappa shape index (κ3) is 5.75. The molecular weight excluding hydrogens is 230 g/mol. The molecule has 0 radical (unpaired) electrons. The second-order valence-electron chi connectivity index (χ2n) is 5.51. The van der Waals surface area contributed by atoms with E-state index in [4.69, 9.17) is 15.2 Å². The average molecular weight is 253 g/mol. The second kappa shape index (κ2) is 6.07. The van der Waals surface area contributed by atoms with Gasteiger partial charge in [-0.1, -0.05) is 19.6 Å². The largest absolute Gasteiger partial charge is 0.467 e. The summed E-state index contributed by atoms with van der Waals surface area (Å²) in [5.41, 5.74) is 7.47. The fourth-order valence-electron chi connectivity index (χ4n) is 1.38. The van der Waals surface area contributed by atoms with Gasteiger partial charge in [-0.3, -0.25) is 0 Å². The van der Waals surface area contributed by atoms with Gasteiger partial charge in [0.25, 0.3) is 0 Å². The van der Waals surface area contributed by atoms with E-state index in [1.165, 1.54) is 0 Å². The van der Waals surface area contributed by atoms with Crippen LogP contribution in [-0.2, 0) is 4.74 Å². The summed E-state index contributed by atoms with van der Waals surface area (Å²) in [7, 11) is -1.00. The third-order valence-corrected chi connectivity index (χ3v) is 4.20. The van der Waals surface area contributed by atoms with Crippen molar-refractivity contribution < 1.29 is 9.47 Å². The molecule has 0 saturated carbocycles. The Kier molecular flexibility index (Phi) is 5.02. The summed E-state index contributed by atoms with van der Waals surface area (Å²) in [6.45, 7) is 10.1. The molecule has 0 heterocycles. The number of anilines is 1. The van der Waals surface area contributed by atoms with E-state index in [2.05, 4.69) is 19.6 Å². The number of hydrogen-bond donors (Lipinski definition) is 1. The van der Waals surface area contributed by atoms with E-state index >= 15 is 0 Å². The van der Waals surface area contributed by atoms with Gasteiger partial charge in [0, 0.05) is 20.4 Å². The maximum absolute atomic E-state index is 5.67. The number of ether oxygens (including phenoxy) is 2. The summed E-state index contributed by atoms with van der Waals surface area (Å²) < 4.78 is 11.0. The fraction of sp³-hybridized carbons (Fsp3) is 0.538. The Hall–Kier alpha value is -1.00. The molecule has 1 aromatic rings. The maximum atomic E-state index is 5.67. The van der Waals surface area contributed by atoms with Crippen molar-refractivity contribution in [2.75, 3.05) is 19.1 Å². The number of nitrogen functional groups attached to an aromatic ring is 1. The van der Waals surface area contributed by atoms with E-state index < -0.39 is 8.07 Å². The summed E-state index contributed by atoms with van der Waals surface area (Å²) >= 11 is 0. The van der Waals surface area contributed by atoms with Crippen LogP contribution in [0.15, 0.2) is 18.2 Å². The molecule has 3 nitrogen and oxygen atoms in total. The van der Waals surface area contributed by atoms with Crippen molar-refractivity contribution in [2.24, 2.45) is 0 Å². The quantitative estimate of drug-likeness (QED) is 0.366. The first-order valence-corrected chi connectivity index (χ1v) is 9.66. The Morgan fingerprint density at radius 3 is 2.53 bits per heavy atom. The summed E-state index contributed by atoms with van der Waals surface area (Å²) in [5, 5.41) is 0. The first-order valence-electron chi connectivity index (χ1n) is 5.95. The zero-order chi connectivity index (χ0) is 12.9. The van der Waals surface area contributed by atoms with Crippen LogP contribution >= 0.6 is 0 Å². The fourth-order valence-corrected chi connectivity index (χ4v) is 2.13. The SMILES string of the molecule is Cc1cc(N)ccc1OCOCC[Si](C)(C)C. The van der Waals surface area contributed by atoms with Gasteiger partial charge >= 0.3 is 0 Å². The van der Waals surface area contributed by atoms with E-state index in [1.54, 1.807) is 0 Å². The van der Waals surface area contributed by atoms with Gasteiger partial charge < -0.3 is 15.2 Å². The number of nitrogens with two attached hydrogens (primary N) is 1. The molecule has 0 atom stereocenters. The smallest absolute Gasteiger partial charge is 0.189 e. The van der Waals surface area contributed by atoms with Gasteiger partial charge in [0.15, 0.2) is 6.79 Å². The predicted octanol–water partition coefficient (Wildman–Crippen LogP) is 3.27. The van der Waals surface area contributed by atoms with E-state index in [9.17, 15) is 0 Å². The van der Waals surface area contributed by atoms with Crippen LogP contribution in [-0.4, -0.2) is 21.5 Å². The minimum absolute atomic E-state index is 0.315. The third-order valence-electron chi connectivity index (χ3n) is 2.49. The molecule has 0 aromatic heterocycles. The van der Waals surface area contributed by atoms with Gasteiger partial charge in [-0.25, -0.2) is 0 Å². The molecule has 2 N–H and O–H groups in total. The van der Waals surface area contributed by atoms with Crippen LogP contribution in [0.4, 0.5) is 5.69 Å². The van der Waals surface area contributed by atoms with Crippen LogP contribution in [0, 0.1) is 6.92 Å². The maximum Gasteiger partial charge on any atom is 0.189 e. The van der Waals surface area contributed by atoms with Crippen LogP contribution in [0.2, 0.25) is 25.7 Å². The summed E-state index contributed by atoms with van der Waals surface area (Å²) in [5.74, 6) is 0.840. The Morgan fingerprint density at radius 2 is 1.94 bits per heavy atom. The van der Waals surface area contributed by atoms with Gasteiger partial charge in [-0.2, -0.15) is 0 Å². The van der Waals surface area contributed by atoms with Gasteiger partial charge in [-0.15, -0.1) is 0 Å². The number of benzene rings is 1. The monoisotopic (exact) mass is 253 g/mol. The summed E-state index contributed by atoms with van der Waals surface area (Å²) in [6.07, 6.45) is 0. The lowest BCUT2D eigenvalue weighted by atomic mass is 10.2. The van der Waals surface area contributed by atoms with Crippen LogP contribution < -0.4 is 10.5 Å². The number of hydrogen-bond acceptors (Lipinski definition) is 3. The Labute approximate surface area is 105 Å². The normalized spacial score (nSPS) is 11.5. The summed E-state index contributed by atoms with van der Waals surface area (Å²) in [4.78, 5) is 0. The number of rotatable bonds is 6. The standard InChI is InChI=1S/C13H23NO2Si/c1-11-9-12(14)5-6-13(11)16-10-15-7-8-17(2,3)4/h5-6,9H,7-8,10,14H2,1-4H3. The molecular formula is C13H23NO2Si. The van der Waals surface area contributed by atoms with Crippen molar-refractivity contribution >= 4 is 13.8 Å². The topological polar surface area (TPSA) is 44.5 Å². The van der Waals surface area contributed by atoms with Crippen molar-refractivity contribution in [3.05, 3.63) is 23.8 Å². The molecule has 0 amide bonds. The first kappa shape index (κ1) is 14.1. The van der Waals surface area contributed by atoms with Crippen molar-refractivity contribution in [3.63, 3.8) is 0 Å². The highest BCUT2D eigenvalue weighted by Gasteiger charge is 2.11. The van der Waals surface area contributed by atoms with Gasteiger partial charge in [0.05, 0.1) is 0 Å². The molecule has 0 aliphatic rings. The zero-order valence-corrected chi connectivity index (χ0v) is 12.2. The molecule has 0 aliphatic heterocycles. The van der Waals surface area contributed by atoms with Crippen LogP contribution in [0.25, 0.3) is 0 Å². The highest BCUT2D eigenvalue weighted by atomic mass is 28.3. The average Bonchev–Trinajstić information content (AvgIpc) is 2.18. The van der Waals surface area contributed by atoms with Crippen LogP contribution in [0.1, 0.15) is 5.56 Å². The molecule has 0 unspecified atom stereocenters. The molecule has 1 aromatic carbocycles. The number of aryl methyl sites for hydroxylation is 1. The van der Waals surface area contributed by atoms with E-state index in [0.717, 1.165) is 29.7 Å². The molecule has 96 valence electrons. The van der Waals surface area contributed by atoms with Gasteiger partial charge in [0.1, 0.15) is 5.75 Å². The Balaban J connectivity index is 2.27. The van der Waals surface area contributed by atoms with E-state index in [0.29, 0.717) is 6.79 Å². The molecule has 0 aliphatic carbocycles. The van der Waals surface area contributed by atoms with Crippen LogP contribution in [0.3, 0.4) is 0 Å². The lowest BCUT2D eigenvalue weighted by Gasteiger charge is -2.16. The van der Waals surface area contributed by atoms with Gasteiger partial charge in [-0.05, 0) is 36.7 Å². The summed E-state index contributed by atoms with van der Waals surface area (Å²) in [6, 6.07) is 6.78. The lowest BCUT2D eigenvalue weighted by Crippen LogP contribution is -2.22. The van der Waals surface area contributed by atoms with Crippen molar-refractivity contribution in [1.82, 2.24) is 0 Å². The highest BCUT2D eigenvalue weighted by molar-refractivity contribution is 6.76. The molecule has 0 saturated heterocycles. The van der Waals surface area contributed by atoms with Gasteiger partial charge in [0.2, 0.25) is 0 Å². The minimum atomic E-state index is -1.00. The second-order valence-corrected chi connectivity index (χ2v) is 11.1. The Bertz CT molecular complexity index is 361. The van der Waals surface area contributed by atoms with Crippen LogP contribution in [0.5, 0.6) is 5.75 Å². The van der Waals surface area contributed by atoms with Crippen molar-refractivity contribution in [3.8, 4) is 5.75 Å². The highest BCUT2D eigenvalue weighted by Crippen LogP contribution is 2.20. The molecule has 0 fully saturated rings.